The summed E-state index contributed by atoms with van der Waals surface area (Å²) in [6.07, 6.45) is 0. The van der Waals surface area contributed by atoms with Crippen LogP contribution in [0.15, 0.2) is 48.5 Å². The number of anilines is 1. The fourth-order valence-corrected chi connectivity index (χ4v) is 1.99. The van der Waals surface area contributed by atoms with Crippen LogP contribution in [0.3, 0.4) is 0 Å². The molecule has 1 aromatic carbocycles. The smallest absolute Gasteiger partial charge is 0.283 e. The summed E-state index contributed by atoms with van der Waals surface area (Å²) >= 11 is 0. The van der Waals surface area contributed by atoms with Crippen LogP contribution < -0.4 is 16.2 Å². The van der Waals surface area contributed by atoms with Gasteiger partial charge in [0.15, 0.2) is 0 Å². The Bertz CT molecular complexity index is 571. The highest BCUT2D eigenvalue weighted by molar-refractivity contribution is 5.91. The van der Waals surface area contributed by atoms with Crippen molar-refractivity contribution in [3.05, 3.63) is 59.9 Å². The van der Waals surface area contributed by atoms with Gasteiger partial charge in [0, 0.05) is 12.2 Å². The van der Waals surface area contributed by atoms with Crippen molar-refractivity contribution in [1.82, 2.24) is 10.4 Å². The maximum Gasteiger partial charge on any atom is 0.283 e. The molecule has 5 nitrogen and oxygen atoms in total. The van der Waals surface area contributed by atoms with E-state index in [0.717, 1.165) is 17.9 Å². The number of carbonyl (C=O) groups excluding carboxylic acids is 1. The first kappa shape index (κ1) is 14.0. The first-order valence-electron chi connectivity index (χ1n) is 6.51. The number of pyridine rings is 1. The van der Waals surface area contributed by atoms with Crippen LogP contribution >= 0.6 is 0 Å². The van der Waals surface area contributed by atoms with E-state index in [1.807, 2.05) is 30.3 Å². The van der Waals surface area contributed by atoms with Crippen molar-refractivity contribution in [3.8, 4) is 0 Å². The van der Waals surface area contributed by atoms with E-state index in [1.165, 1.54) is 0 Å². The molecule has 2 rings (SSSR count). The summed E-state index contributed by atoms with van der Waals surface area (Å²) in [5, 5.41) is 0. The van der Waals surface area contributed by atoms with Crippen molar-refractivity contribution in [2.75, 3.05) is 11.4 Å². The Balaban J connectivity index is 2.18. The van der Waals surface area contributed by atoms with Crippen LogP contribution in [0.4, 0.5) is 5.69 Å². The number of benzene rings is 1. The van der Waals surface area contributed by atoms with Gasteiger partial charge in [-0.15, -0.1) is 0 Å². The molecule has 104 valence electrons. The van der Waals surface area contributed by atoms with Gasteiger partial charge in [-0.3, -0.25) is 10.2 Å². The molecular weight excluding hydrogens is 252 g/mol. The zero-order valence-electron chi connectivity index (χ0n) is 11.4. The molecule has 0 saturated carbocycles. The van der Waals surface area contributed by atoms with Gasteiger partial charge in [-0.1, -0.05) is 24.3 Å². The number of para-hydroxylation sites is 1. The molecule has 0 aliphatic rings. The number of amides is 1. The number of aromatic nitrogens is 1. The van der Waals surface area contributed by atoms with Gasteiger partial charge in [0.05, 0.1) is 12.2 Å². The van der Waals surface area contributed by atoms with Gasteiger partial charge < -0.3 is 4.90 Å². The molecule has 0 unspecified atom stereocenters. The second-order valence-electron chi connectivity index (χ2n) is 4.34. The topological polar surface area (TPSA) is 71.2 Å². The lowest BCUT2D eigenvalue weighted by Crippen LogP contribution is -2.31. The molecule has 0 spiro atoms. The molecule has 20 heavy (non-hydrogen) atoms. The van der Waals surface area contributed by atoms with Crippen LogP contribution in [0.25, 0.3) is 0 Å². The van der Waals surface area contributed by atoms with E-state index in [-0.39, 0.29) is 5.91 Å². The number of hydrazine groups is 1. The number of rotatable bonds is 5. The highest BCUT2D eigenvalue weighted by Crippen LogP contribution is 2.15. The van der Waals surface area contributed by atoms with Crippen LogP contribution in [-0.4, -0.2) is 17.4 Å². The van der Waals surface area contributed by atoms with Gasteiger partial charge in [-0.05, 0) is 31.2 Å². The van der Waals surface area contributed by atoms with E-state index >= 15 is 0 Å². The summed E-state index contributed by atoms with van der Waals surface area (Å²) in [5.74, 6) is 4.74. The van der Waals surface area contributed by atoms with Crippen molar-refractivity contribution in [3.63, 3.8) is 0 Å². The minimum atomic E-state index is -0.380. The van der Waals surface area contributed by atoms with E-state index in [1.54, 1.807) is 6.07 Å². The molecule has 3 N–H and O–H groups in total. The normalized spacial score (nSPS) is 10.1. The lowest BCUT2D eigenvalue weighted by atomic mass is 10.2. The molecule has 0 bridgehead atoms. The molecule has 1 heterocycles. The zero-order valence-corrected chi connectivity index (χ0v) is 11.4. The van der Waals surface area contributed by atoms with Gasteiger partial charge in [0.25, 0.3) is 5.91 Å². The molecule has 0 aliphatic heterocycles. The Morgan fingerprint density at radius 1 is 1.20 bits per heavy atom. The third kappa shape index (κ3) is 3.33. The predicted octanol–water partition coefficient (Wildman–Crippen LogP) is 1.71. The Hall–Kier alpha value is -2.40. The fraction of sp³-hybridized carbons (Fsp3) is 0.200. The SMILES string of the molecule is CCN(Cc1cccc(C(=O)NN)n1)c1ccccc1. The number of carbonyl (C=O) groups is 1. The van der Waals surface area contributed by atoms with E-state index in [4.69, 9.17) is 5.84 Å². The van der Waals surface area contributed by atoms with E-state index in [2.05, 4.69) is 34.4 Å². The van der Waals surface area contributed by atoms with Crippen LogP contribution in [0.2, 0.25) is 0 Å². The number of nitrogen functional groups attached to an aromatic ring is 1. The van der Waals surface area contributed by atoms with E-state index < -0.39 is 0 Å². The summed E-state index contributed by atoms with van der Waals surface area (Å²) in [4.78, 5) is 18.0. The van der Waals surface area contributed by atoms with Crippen LogP contribution in [-0.2, 0) is 6.54 Å². The molecular formula is C15H18N4O. The van der Waals surface area contributed by atoms with Gasteiger partial charge in [-0.2, -0.15) is 0 Å². The monoisotopic (exact) mass is 270 g/mol. The molecule has 0 saturated heterocycles. The first-order chi connectivity index (χ1) is 9.74. The van der Waals surface area contributed by atoms with Gasteiger partial charge >= 0.3 is 0 Å². The van der Waals surface area contributed by atoms with E-state index in [0.29, 0.717) is 12.2 Å². The quantitative estimate of drug-likeness (QED) is 0.493. The van der Waals surface area contributed by atoms with Crippen LogP contribution in [0.5, 0.6) is 0 Å². The summed E-state index contributed by atoms with van der Waals surface area (Å²) in [7, 11) is 0. The van der Waals surface area contributed by atoms with E-state index in [9.17, 15) is 4.79 Å². The third-order valence-electron chi connectivity index (χ3n) is 3.03. The fourth-order valence-electron chi connectivity index (χ4n) is 1.99. The van der Waals surface area contributed by atoms with Gasteiger partial charge in [0.1, 0.15) is 5.69 Å². The minimum absolute atomic E-state index is 0.328. The molecule has 0 aliphatic carbocycles. The molecule has 1 amide bonds. The molecule has 0 fully saturated rings. The third-order valence-corrected chi connectivity index (χ3v) is 3.03. The molecule has 1 aromatic heterocycles. The number of hydrogen-bond acceptors (Lipinski definition) is 4. The lowest BCUT2D eigenvalue weighted by Gasteiger charge is -2.22. The van der Waals surface area contributed by atoms with Gasteiger partial charge in [-0.25, -0.2) is 10.8 Å². The largest absolute Gasteiger partial charge is 0.366 e. The highest BCUT2D eigenvalue weighted by Gasteiger charge is 2.09. The minimum Gasteiger partial charge on any atom is -0.366 e. The summed E-state index contributed by atoms with van der Waals surface area (Å²) in [6, 6.07) is 15.5. The molecule has 0 radical (unpaired) electrons. The average molecular weight is 270 g/mol. The summed E-state index contributed by atoms with van der Waals surface area (Å²) < 4.78 is 0. The number of nitrogens with one attached hydrogen (secondary N) is 1. The number of nitrogens with zero attached hydrogens (tertiary/aromatic N) is 2. The zero-order chi connectivity index (χ0) is 14.4. The highest BCUT2D eigenvalue weighted by atomic mass is 16.2. The van der Waals surface area contributed by atoms with Crippen LogP contribution in [0, 0.1) is 0 Å². The van der Waals surface area contributed by atoms with Crippen molar-refractivity contribution >= 4 is 11.6 Å². The Morgan fingerprint density at radius 2 is 1.95 bits per heavy atom. The Morgan fingerprint density at radius 3 is 2.60 bits per heavy atom. The Kier molecular flexibility index (Phi) is 4.68. The number of hydrogen-bond donors (Lipinski definition) is 2. The second kappa shape index (κ2) is 6.68. The number of nitrogens with two attached hydrogens (primary N) is 1. The summed E-state index contributed by atoms with van der Waals surface area (Å²) in [6.45, 7) is 3.59. The second-order valence-corrected chi connectivity index (χ2v) is 4.34. The standard InChI is InChI=1S/C15H18N4O/c1-2-19(13-8-4-3-5-9-13)11-12-7-6-10-14(17-12)15(20)18-16/h3-10H,2,11,16H2,1H3,(H,18,20). The van der Waals surface area contributed by atoms with Crippen molar-refractivity contribution in [2.24, 2.45) is 5.84 Å². The van der Waals surface area contributed by atoms with Crippen LogP contribution in [0.1, 0.15) is 23.1 Å². The van der Waals surface area contributed by atoms with Crippen molar-refractivity contribution in [1.29, 1.82) is 0 Å². The maximum absolute atomic E-state index is 11.5. The molecule has 2 aromatic rings. The first-order valence-corrected chi connectivity index (χ1v) is 6.51. The predicted molar refractivity (Wildman–Crippen MR) is 79.1 cm³/mol. The van der Waals surface area contributed by atoms with Gasteiger partial charge in [0.2, 0.25) is 0 Å². The maximum atomic E-state index is 11.5. The average Bonchev–Trinajstić information content (AvgIpc) is 2.53. The summed E-state index contributed by atoms with van der Waals surface area (Å²) in [5.41, 5.74) is 4.38. The van der Waals surface area contributed by atoms with Crippen molar-refractivity contribution < 1.29 is 4.79 Å². The van der Waals surface area contributed by atoms with Crippen molar-refractivity contribution in [2.45, 2.75) is 13.5 Å². The molecule has 5 heteroatoms. The molecule has 0 atom stereocenters. The Labute approximate surface area is 118 Å². The lowest BCUT2D eigenvalue weighted by molar-refractivity contribution is 0.0948.